The second kappa shape index (κ2) is 6.27. The van der Waals surface area contributed by atoms with E-state index in [9.17, 15) is 0 Å². The zero-order chi connectivity index (χ0) is 12.1. The van der Waals surface area contributed by atoms with E-state index in [1.54, 1.807) is 0 Å². The highest BCUT2D eigenvalue weighted by Gasteiger charge is 2.14. The van der Waals surface area contributed by atoms with Gasteiger partial charge in [0.2, 0.25) is 0 Å². The van der Waals surface area contributed by atoms with Gasteiger partial charge in [0.25, 0.3) is 0 Å². The van der Waals surface area contributed by atoms with Crippen LogP contribution in [0.4, 0.5) is 0 Å². The Bertz CT molecular complexity index is 336. The van der Waals surface area contributed by atoms with Crippen LogP contribution in [0.15, 0.2) is 18.2 Å². The van der Waals surface area contributed by atoms with Crippen LogP contribution < -0.4 is 5.32 Å². The predicted octanol–water partition coefficient (Wildman–Crippen LogP) is 4.35. The lowest BCUT2D eigenvalue weighted by Crippen LogP contribution is -2.19. The molecule has 0 heterocycles. The van der Waals surface area contributed by atoms with Crippen LogP contribution in [0.1, 0.15) is 43.9 Å². The fourth-order valence-corrected chi connectivity index (χ4v) is 2.23. The minimum absolute atomic E-state index is 0.437. The Labute approximate surface area is 104 Å². The third kappa shape index (κ3) is 3.50. The molecule has 0 radical (unpaired) electrons. The summed E-state index contributed by atoms with van der Waals surface area (Å²) in [4.78, 5) is 0. The van der Waals surface area contributed by atoms with Crippen LogP contribution in [-0.4, -0.2) is 7.05 Å². The molecule has 0 fully saturated rings. The largest absolute Gasteiger partial charge is 0.313 e. The van der Waals surface area contributed by atoms with E-state index in [2.05, 4.69) is 32.2 Å². The van der Waals surface area contributed by atoms with Crippen molar-refractivity contribution >= 4 is 11.6 Å². The normalized spacial score (nSPS) is 14.8. The van der Waals surface area contributed by atoms with Crippen molar-refractivity contribution in [3.05, 3.63) is 34.3 Å². The monoisotopic (exact) mass is 239 g/mol. The maximum Gasteiger partial charge on any atom is 0.0408 e. The van der Waals surface area contributed by atoms with Crippen LogP contribution in [0, 0.1) is 12.8 Å². The molecule has 1 aromatic carbocycles. The molecule has 0 aliphatic carbocycles. The van der Waals surface area contributed by atoms with E-state index in [0.717, 1.165) is 10.9 Å². The Balaban J connectivity index is 2.86. The third-order valence-corrected chi connectivity index (χ3v) is 3.53. The number of benzene rings is 1. The number of halogens is 1. The molecule has 2 unspecified atom stereocenters. The summed E-state index contributed by atoms with van der Waals surface area (Å²) in [6, 6.07) is 6.59. The molecule has 1 rings (SSSR count). The van der Waals surface area contributed by atoms with Crippen molar-refractivity contribution < 1.29 is 0 Å². The maximum absolute atomic E-state index is 5.98. The number of hydrogen-bond acceptors (Lipinski definition) is 1. The number of hydrogen-bond donors (Lipinski definition) is 1. The van der Waals surface area contributed by atoms with Gasteiger partial charge < -0.3 is 5.32 Å². The quantitative estimate of drug-likeness (QED) is 0.806. The Morgan fingerprint density at radius 3 is 2.56 bits per heavy atom. The fraction of sp³-hybridized carbons (Fsp3) is 0.571. The zero-order valence-corrected chi connectivity index (χ0v) is 11.4. The van der Waals surface area contributed by atoms with Crippen LogP contribution in [0.5, 0.6) is 0 Å². The van der Waals surface area contributed by atoms with Crippen molar-refractivity contribution in [2.24, 2.45) is 5.92 Å². The first-order valence-corrected chi connectivity index (χ1v) is 6.39. The summed E-state index contributed by atoms with van der Waals surface area (Å²) in [5.41, 5.74) is 2.64. The first-order chi connectivity index (χ1) is 7.58. The summed E-state index contributed by atoms with van der Waals surface area (Å²) in [6.45, 7) is 6.67. The first kappa shape index (κ1) is 13.5. The van der Waals surface area contributed by atoms with E-state index in [-0.39, 0.29) is 0 Å². The molecule has 0 saturated carbocycles. The minimum atomic E-state index is 0.437. The summed E-state index contributed by atoms with van der Waals surface area (Å²) >= 11 is 5.98. The van der Waals surface area contributed by atoms with E-state index in [1.165, 1.54) is 24.0 Å². The first-order valence-electron chi connectivity index (χ1n) is 6.01. The van der Waals surface area contributed by atoms with Gasteiger partial charge in [-0.2, -0.15) is 0 Å². The van der Waals surface area contributed by atoms with Crippen LogP contribution >= 0.6 is 11.6 Å². The Hall–Kier alpha value is -0.530. The highest BCUT2D eigenvalue weighted by Crippen LogP contribution is 2.26. The van der Waals surface area contributed by atoms with Crippen LogP contribution in [0.3, 0.4) is 0 Å². The number of nitrogens with one attached hydrogen (secondary N) is 1. The van der Waals surface area contributed by atoms with Crippen molar-refractivity contribution in [1.82, 2.24) is 5.32 Å². The fourth-order valence-electron chi connectivity index (χ4n) is 2.00. The van der Waals surface area contributed by atoms with Gasteiger partial charge in [0.15, 0.2) is 0 Å². The molecule has 0 aliphatic rings. The average Bonchev–Trinajstić information content (AvgIpc) is 2.26. The van der Waals surface area contributed by atoms with Crippen LogP contribution in [0.25, 0.3) is 0 Å². The summed E-state index contributed by atoms with van der Waals surface area (Å²) in [6.07, 6.45) is 2.40. The Morgan fingerprint density at radius 1 is 1.38 bits per heavy atom. The van der Waals surface area contributed by atoms with E-state index >= 15 is 0 Å². The SMILES string of the molecule is CCC(C)CC(NC)c1ccc(Cl)cc1C. The summed E-state index contributed by atoms with van der Waals surface area (Å²) in [5, 5.41) is 4.22. The lowest BCUT2D eigenvalue weighted by atomic mass is 9.92. The van der Waals surface area contributed by atoms with Gasteiger partial charge in [-0.1, -0.05) is 37.9 Å². The number of rotatable bonds is 5. The van der Waals surface area contributed by atoms with Crippen molar-refractivity contribution in [1.29, 1.82) is 0 Å². The molecule has 0 amide bonds. The summed E-state index contributed by atoms with van der Waals surface area (Å²) in [7, 11) is 2.03. The molecular formula is C14H22ClN. The predicted molar refractivity (Wildman–Crippen MR) is 72.1 cm³/mol. The van der Waals surface area contributed by atoms with Crippen molar-refractivity contribution in [3.63, 3.8) is 0 Å². The summed E-state index contributed by atoms with van der Waals surface area (Å²) in [5.74, 6) is 0.743. The smallest absolute Gasteiger partial charge is 0.0408 e. The van der Waals surface area contributed by atoms with Gasteiger partial charge >= 0.3 is 0 Å². The lowest BCUT2D eigenvalue weighted by molar-refractivity contribution is 0.421. The molecular weight excluding hydrogens is 218 g/mol. The van der Waals surface area contributed by atoms with Gasteiger partial charge in [-0.3, -0.25) is 0 Å². The van der Waals surface area contributed by atoms with Gasteiger partial charge in [-0.15, -0.1) is 0 Å². The number of aryl methyl sites for hydroxylation is 1. The van der Waals surface area contributed by atoms with E-state index < -0.39 is 0 Å². The van der Waals surface area contributed by atoms with Crippen molar-refractivity contribution in [3.8, 4) is 0 Å². The van der Waals surface area contributed by atoms with Gasteiger partial charge in [0.1, 0.15) is 0 Å². The third-order valence-electron chi connectivity index (χ3n) is 3.29. The molecule has 2 heteroatoms. The van der Waals surface area contributed by atoms with E-state index in [0.29, 0.717) is 6.04 Å². The topological polar surface area (TPSA) is 12.0 Å². The molecule has 1 aromatic rings. The van der Waals surface area contributed by atoms with Gasteiger partial charge in [0.05, 0.1) is 0 Å². The molecule has 2 atom stereocenters. The van der Waals surface area contributed by atoms with Gasteiger partial charge in [-0.05, 0) is 49.6 Å². The average molecular weight is 240 g/mol. The van der Waals surface area contributed by atoms with Gasteiger partial charge in [0, 0.05) is 11.1 Å². The van der Waals surface area contributed by atoms with Crippen molar-refractivity contribution in [2.45, 2.75) is 39.7 Å². The molecule has 0 aromatic heterocycles. The molecule has 0 bridgehead atoms. The van der Waals surface area contributed by atoms with Crippen LogP contribution in [0.2, 0.25) is 5.02 Å². The van der Waals surface area contributed by atoms with Crippen molar-refractivity contribution in [2.75, 3.05) is 7.05 Å². The second-order valence-electron chi connectivity index (χ2n) is 4.59. The molecule has 0 saturated heterocycles. The van der Waals surface area contributed by atoms with E-state index in [1.807, 2.05) is 19.2 Å². The highest BCUT2D eigenvalue weighted by atomic mass is 35.5. The Morgan fingerprint density at radius 2 is 2.06 bits per heavy atom. The molecule has 0 aliphatic heterocycles. The second-order valence-corrected chi connectivity index (χ2v) is 5.03. The highest BCUT2D eigenvalue weighted by molar-refractivity contribution is 6.30. The van der Waals surface area contributed by atoms with Crippen LogP contribution in [-0.2, 0) is 0 Å². The molecule has 16 heavy (non-hydrogen) atoms. The minimum Gasteiger partial charge on any atom is -0.313 e. The molecule has 1 N–H and O–H groups in total. The molecule has 1 nitrogen and oxygen atoms in total. The zero-order valence-electron chi connectivity index (χ0n) is 10.7. The lowest BCUT2D eigenvalue weighted by Gasteiger charge is -2.22. The maximum atomic E-state index is 5.98. The standard InChI is InChI=1S/C14H22ClN/c1-5-10(2)8-14(16-4)13-7-6-12(15)9-11(13)3/h6-7,9-10,14,16H,5,8H2,1-4H3. The Kier molecular flexibility index (Phi) is 5.30. The molecule has 0 spiro atoms. The van der Waals surface area contributed by atoms with E-state index in [4.69, 9.17) is 11.6 Å². The molecule has 90 valence electrons. The van der Waals surface area contributed by atoms with Gasteiger partial charge in [-0.25, -0.2) is 0 Å². The summed E-state index contributed by atoms with van der Waals surface area (Å²) < 4.78 is 0.